The molecule has 0 aliphatic rings. The number of ketones is 1. The van der Waals surface area contributed by atoms with Crippen molar-refractivity contribution < 1.29 is 36.5 Å². The van der Waals surface area contributed by atoms with Gasteiger partial charge in [0.15, 0.2) is 11.0 Å². The summed E-state index contributed by atoms with van der Waals surface area (Å²) in [5.74, 6) is -5.29. The Kier molecular flexibility index (Phi) is 9.24. The number of carbonyl (C=O) groups is 3. The highest BCUT2D eigenvalue weighted by Crippen LogP contribution is 2.24. The van der Waals surface area contributed by atoms with Gasteiger partial charge in [-0.05, 0) is 30.5 Å². The molecule has 1 heterocycles. The maximum absolute atomic E-state index is 14.3. The minimum Gasteiger partial charge on any atom is -0.467 e. The van der Waals surface area contributed by atoms with Gasteiger partial charge < -0.3 is 10.1 Å². The monoisotopic (exact) mass is 548 g/mol. The Bertz CT molecular complexity index is 1360. The van der Waals surface area contributed by atoms with E-state index in [1.54, 1.807) is 30.5 Å². The summed E-state index contributed by atoms with van der Waals surface area (Å²) in [4.78, 5) is 42.2. The minimum absolute atomic E-state index is 0.0143. The van der Waals surface area contributed by atoms with Crippen molar-refractivity contribution in [1.82, 2.24) is 10.3 Å². The van der Waals surface area contributed by atoms with Crippen LogP contribution in [-0.2, 0) is 42.1 Å². The Morgan fingerprint density at radius 3 is 2.32 bits per heavy atom. The van der Waals surface area contributed by atoms with Gasteiger partial charge in [-0.1, -0.05) is 42.5 Å². The van der Waals surface area contributed by atoms with E-state index in [0.29, 0.717) is 5.56 Å². The molecule has 3 rings (SSSR count). The maximum Gasteiger partial charge on any atom is 0.328 e. The van der Waals surface area contributed by atoms with Gasteiger partial charge in [0, 0.05) is 23.6 Å². The van der Waals surface area contributed by atoms with Crippen molar-refractivity contribution in [1.29, 1.82) is 0 Å². The smallest absolute Gasteiger partial charge is 0.328 e. The molecule has 1 amide bonds. The number of nitrogens with one attached hydrogen (secondary N) is 1. The molecule has 3 atom stereocenters. The predicted molar refractivity (Wildman–Crippen MR) is 135 cm³/mol. The number of hydrogen-bond donors (Lipinski definition) is 2. The van der Waals surface area contributed by atoms with E-state index in [-0.39, 0.29) is 12.0 Å². The molecule has 9 nitrogen and oxygen atoms in total. The zero-order valence-corrected chi connectivity index (χ0v) is 21.6. The van der Waals surface area contributed by atoms with Crippen LogP contribution in [0.5, 0.6) is 0 Å². The molecule has 12 heteroatoms. The third-order valence-electron chi connectivity index (χ3n) is 5.70. The number of aromatic nitrogens is 1. The fraction of sp³-hybridized carbons (Fsp3) is 0.280. The summed E-state index contributed by atoms with van der Waals surface area (Å²) in [5.41, 5.74) is 1.48. The van der Waals surface area contributed by atoms with Gasteiger partial charge in [-0.3, -0.25) is 14.1 Å². The molecule has 2 N–H and O–H groups in total. The number of thiazole rings is 1. The molecule has 196 valence electrons. The van der Waals surface area contributed by atoms with Crippen LogP contribution >= 0.6 is 11.3 Å². The highest BCUT2D eigenvalue weighted by molar-refractivity contribution is 7.87. The van der Waals surface area contributed by atoms with Crippen LogP contribution in [0.15, 0.2) is 60.1 Å². The first-order chi connectivity index (χ1) is 17.5. The van der Waals surface area contributed by atoms with Gasteiger partial charge in [0.25, 0.3) is 10.1 Å². The van der Waals surface area contributed by atoms with Crippen molar-refractivity contribution in [3.63, 3.8) is 0 Å². The van der Waals surface area contributed by atoms with Gasteiger partial charge in [0.1, 0.15) is 16.9 Å². The van der Waals surface area contributed by atoms with Crippen molar-refractivity contribution in [3.8, 4) is 10.6 Å². The Hall–Kier alpha value is -3.48. The van der Waals surface area contributed by atoms with Crippen molar-refractivity contribution in [3.05, 3.63) is 77.1 Å². The summed E-state index contributed by atoms with van der Waals surface area (Å²) in [6.07, 6.45) is 1.15. The number of ether oxygens (including phenoxy) is 1. The minimum atomic E-state index is -5.04. The van der Waals surface area contributed by atoms with E-state index >= 15 is 0 Å². The summed E-state index contributed by atoms with van der Waals surface area (Å²) in [7, 11) is -3.92. The van der Waals surface area contributed by atoms with Crippen LogP contribution in [-0.4, -0.2) is 54.0 Å². The number of halogens is 1. The lowest BCUT2D eigenvalue weighted by molar-refractivity contribution is -0.145. The van der Waals surface area contributed by atoms with Crippen molar-refractivity contribution >= 4 is 39.1 Å². The fourth-order valence-corrected chi connectivity index (χ4v) is 5.64. The summed E-state index contributed by atoms with van der Waals surface area (Å²) in [6, 6.07) is 11.2. The molecule has 0 spiro atoms. The topological polar surface area (TPSA) is 140 Å². The Balaban J connectivity index is 1.89. The van der Waals surface area contributed by atoms with Gasteiger partial charge in [-0.25, -0.2) is 14.2 Å². The molecule has 0 saturated carbocycles. The first-order valence-electron chi connectivity index (χ1n) is 11.1. The van der Waals surface area contributed by atoms with Crippen LogP contribution in [0.25, 0.3) is 10.6 Å². The molecule has 1 aromatic heterocycles. The number of rotatable bonds is 11. The number of Topliss-reactive ketones (excluding diaryl/α,β-unsaturated/α-hetero) is 1. The number of benzene rings is 2. The average molecular weight is 549 g/mol. The zero-order chi connectivity index (χ0) is 27.2. The van der Waals surface area contributed by atoms with Gasteiger partial charge >= 0.3 is 5.97 Å². The Labute approximate surface area is 217 Å². The molecule has 3 aromatic rings. The molecule has 3 unspecified atom stereocenters. The van der Waals surface area contributed by atoms with Crippen LogP contribution in [0, 0.1) is 11.7 Å². The third-order valence-corrected chi connectivity index (χ3v) is 7.82. The third kappa shape index (κ3) is 7.28. The van der Waals surface area contributed by atoms with E-state index in [1.165, 1.54) is 29.5 Å². The summed E-state index contributed by atoms with van der Waals surface area (Å²) < 4.78 is 53.0. The fourth-order valence-electron chi connectivity index (χ4n) is 3.94. The number of methoxy groups -OCH3 is 1. The highest BCUT2D eigenvalue weighted by atomic mass is 32.2. The Morgan fingerprint density at radius 2 is 1.78 bits per heavy atom. The van der Waals surface area contributed by atoms with Gasteiger partial charge in [0.2, 0.25) is 5.91 Å². The number of nitrogens with zero attached hydrogens (tertiary/aromatic N) is 1. The normalized spacial score (nSPS) is 13.8. The quantitative estimate of drug-likeness (QED) is 0.275. The summed E-state index contributed by atoms with van der Waals surface area (Å²) in [6.45, 7) is 0.905. The molecule has 37 heavy (non-hydrogen) atoms. The SMILES string of the molecule is COC(=O)C(Cc1ccc(-c2nccs2)cc1)NC(=O)C(Cc1ccccc1F)C(C(C)=O)S(=O)(=O)O. The number of esters is 1. The van der Waals surface area contributed by atoms with Gasteiger partial charge in [-0.15, -0.1) is 11.3 Å². The van der Waals surface area contributed by atoms with Crippen LogP contribution in [0.1, 0.15) is 18.1 Å². The molecule has 0 aliphatic heterocycles. The lowest BCUT2D eigenvalue weighted by Crippen LogP contribution is -2.51. The summed E-state index contributed by atoms with van der Waals surface area (Å²) >= 11 is 1.46. The largest absolute Gasteiger partial charge is 0.467 e. The van der Waals surface area contributed by atoms with Crippen LogP contribution in [0.2, 0.25) is 0 Å². The molecule has 0 radical (unpaired) electrons. The van der Waals surface area contributed by atoms with Crippen LogP contribution < -0.4 is 5.32 Å². The molecule has 0 bridgehead atoms. The van der Waals surface area contributed by atoms with E-state index in [2.05, 4.69) is 10.3 Å². The standard InChI is InChI=1S/C25H25FN2O7S2/c1-15(29)22(37(32,33)34)19(14-18-5-3-4-6-20(18)26)23(30)28-21(25(31)35-2)13-16-7-9-17(10-8-16)24-27-11-12-36-24/h3-12,19,21-22H,13-14H2,1-2H3,(H,28,30)(H,32,33,34). The number of amides is 1. The van der Waals surface area contributed by atoms with E-state index in [1.807, 2.05) is 5.38 Å². The zero-order valence-electron chi connectivity index (χ0n) is 20.0. The molecule has 0 saturated heterocycles. The van der Waals surface area contributed by atoms with E-state index in [4.69, 9.17) is 4.74 Å². The van der Waals surface area contributed by atoms with Gasteiger partial charge in [-0.2, -0.15) is 8.42 Å². The maximum atomic E-state index is 14.3. The van der Waals surface area contributed by atoms with Crippen molar-refractivity contribution in [2.45, 2.75) is 31.1 Å². The molecule has 2 aromatic carbocycles. The Morgan fingerprint density at radius 1 is 1.11 bits per heavy atom. The number of hydrogen-bond acceptors (Lipinski definition) is 8. The summed E-state index contributed by atoms with van der Waals surface area (Å²) in [5, 5.41) is 2.91. The van der Waals surface area contributed by atoms with Gasteiger partial charge in [0.05, 0.1) is 13.0 Å². The molecular formula is C25H25FN2O7S2. The second-order valence-electron chi connectivity index (χ2n) is 8.27. The van der Waals surface area contributed by atoms with Crippen molar-refractivity contribution in [2.75, 3.05) is 7.11 Å². The predicted octanol–water partition coefficient (Wildman–Crippen LogP) is 2.85. The second kappa shape index (κ2) is 12.2. The van der Waals surface area contributed by atoms with Crippen molar-refractivity contribution in [2.24, 2.45) is 5.92 Å². The first kappa shape index (κ1) is 28.1. The lowest BCUT2D eigenvalue weighted by atomic mass is 9.92. The lowest BCUT2D eigenvalue weighted by Gasteiger charge is -2.25. The second-order valence-corrected chi connectivity index (χ2v) is 10.7. The van der Waals surface area contributed by atoms with Crippen LogP contribution in [0.4, 0.5) is 4.39 Å². The molecule has 0 fully saturated rings. The molecule has 0 aliphatic carbocycles. The highest BCUT2D eigenvalue weighted by Gasteiger charge is 2.42. The van der Waals surface area contributed by atoms with E-state index in [0.717, 1.165) is 30.7 Å². The number of carbonyl (C=O) groups excluding carboxylic acids is 3. The molecular weight excluding hydrogens is 523 g/mol. The van der Waals surface area contributed by atoms with Crippen LogP contribution in [0.3, 0.4) is 0 Å². The average Bonchev–Trinajstić information content (AvgIpc) is 3.38. The van der Waals surface area contributed by atoms with E-state index in [9.17, 15) is 31.7 Å². The van der Waals surface area contributed by atoms with E-state index < -0.39 is 57.2 Å². The first-order valence-corrected chi connectivity index (χ1v) is 13.5.